The van der Waals surface area contributed by atoms with Gasteiger partial charge in [0.25, 0.3) is 0 Å². The fourth-order valence-corrected chi connectivity index (χ4v) is 2.43. The molecule has 0 bridgehead atoms. The van der Waals surface area contributed by atoms with Gasteiger partial charge in [-0.3, -0.25) is 5.10 Å². The Morgan fingerprint density at radius 3 is 2.91 bits per heavy atom. The monoisotopic (exact) mass is 299 g/mol. The highest BCUT2D eigenvalue weighted by molar-refractivity contribution is 5.86. The number of H-pyrrole nitrogens is 1. The standard InChI is InChI=1S/C16H21N5O/c1-3-15(19)13(7-17)14(8-18)16-11(4-5-22-16)6-12-9-20-21-10(12)2/h3,7-9,17H,1,4-6,18-19H2,2H3,(H,20,21)/b14-8-,15-13+,17-7?. The number of aryl methyl sites for hydroxylation is 1. The zero-order chi connectivity index (χ0) is 16.1. The molecule has 0 amide bonds. The third-order valence-corrected chi connectivity index (χ3v) is 3.69. The van der Waals surface area contributed by atoms with E-state index in [1.165, 1.54) is 18.5 Å². The van der Waals surface area contributed by atoms with Crippen LogP contribution in [-0.4, -0.2) is 23.0 Å². The molecule has 0 atom stereocenters. The van der Waals surface area contributed by atoms with E-state index in [2.05, 4.69) is 16.8 Å². The van der Waals surface area contributed by atoms with Crippen LogP contribution in [0.2, 0.25) is 0 Å². The van der Waals surface area contributed by atoms with Gasteiger partial charge in [-0.05, 0) is 24.1 Å². The summed E-state index contributed by atoms with van der Waals surface area (Å²) >= 11 is 0. The van der Waals surface area contributed by atoms with Crippen molar-refractivity contribution in [2.24, 2.45) is 11.5 Å². The van der Waals surface area contributed by atoms with Gasteiger partial charge in [-0.1, -0.05) is 6.58 Å². The van der Waals surface area contributed by atoms with Gasteiger partial charge in [0.2, 0.25) is 0 Å². The van der Waals surface area contributed by atoms with Crippen LogP contribution in [0.3, 0.4) is 0 Å². The lowest BCUT2D eigenvalue weighted by Crippen LogP contribution is -2.08. The van der Waals surface area contributed by atoms with Crippen molar-refractivity contribution in [1.82, 2.24) is 10.2 Å². The van der Waals surface area contributed by atoms with Gasteiger partial charge in [-0.25, -0.2) is 0 Å². The van der Waals surface area contributed by atoms with Crippen LogP contribution in [0.4, 0.5) is 0 Å². The molecule has 0 aliphatic carbocycles. The Labute approximate surface area is 129 Å². The molecule has 0 unspecified atom stereocenters. The van der Waals surface area contributed by atoms with Crippen molar-refractivity contribution in [2.45, 2.75) is 19.8 Å². The quantitative estimate of drug-likeness (QED) is 0.474. The van der Waals surface area contributed by atoms with E-state index in [4.69, 9.17) is 21.6 Å². The number of nitrogens with one attached hydrogen (secondary N) is 2. The van der Waals surface area contributed by atoms with Crippen LogP contribution in [-0.2, 0) is 11.2 Å². The molecule has 0 saturated carbocycles. The summed E-state index contributed by atoms with van der Waals surface area (Å²) in [6.07, 6.45) is 7.46. The first-order chi connectivity index (χ1) is 10.6. The van der Waals surface area contributed by atoms with E-state index >= 15 is 0 Å². The summed E-state index contributed by atoms with van der Waals surface area (Å²) in [5, 5.41) is 14.6. The van der Waals surface area contributed by atoms with Crippen molar-refractivity contribution < 1.29 is 4.74 Å². The van der Waals surface area contributed by atoms with Gasteiger partial charge < -0.3 is 21.6 Å². The first-order valence-corrected chi connectivity index (χ1v) is 7.01. The van der Waals surface area contributed by atoms with E-state index in [0.29, 0.717) is 29.2 Å². The summed E-state index contributed by atoms with van der Waals surface area (Å²) in [6, 6.07) is 0. The van der Waals surface area contributed by atoms with E-state index in [9.17, 15) is 0 Å². The molecule has 1 aliphatic heterocycles. The number of hydrogen-bond donors (Lipinski definition) is 4. The number of nitrogens with zero attached hydrogens (tertiary/aromatic N) is 1. The van der Waals surface area contributed by atoms with Crippen molar-refractivity contribution in [3.8, 4) is 0 Å². The summed E-state index contributed by atoms with van der Waals surface area (Å²) in [5.41, 5.74) is 16.5. The second-order valence-corrected chi connectivity index (χ2v) is 5.03. The second-order valence-electron chi connectivity index (χ2n) is 5.03. The lowest BCUT2D eigenvalue weighted by atomic mass is 9.96. The molecule has 1 aromatic rings. The van der Waals surface area contributed by atoms with Crippen LogP contribution in [0.15, 0.2) is 53.2 Å². The lowest BCUT2D eigenvalue weighted by molar-refractivity contribution is 0.253. The van der Waals surface area contributed by atoms with Gasteiger partial charge in [-0.2, -0.15) is 5.10 Å². The number of nitrogens with two attached hydrogens (primary N) is 2. The predicted molar refractivity (Wildman–Crippen MR) is 87.1 cm³/mol. The summed E-state index contributed by atoms with van der Waals surface area (Å²) in [4.78, 5) is 0. The van der Waals surface area contributed by atoms with Gasteiger partial charge in [0.05, 0.1) is 12.8 Å². The average Bonchev–Trinajstić information content (AvgIpc) is 3.14. The Morgan fingerprint density at radius 1 is 1.59 bits per heavy atom. The molecule has 0 fully saturated rings. The third kappa shape index (κ3) is 2.95. The molecule has 2 rings (SSSR count). The molecule has 0 radical (unpaired) electrons. The minimum atomic E-state index is 0.397. The Bertz CT molecular complexity index is 678. The second kappa shape index (κ2) is 6.80. The largest absolute Gasteiger partial charge is 0.493 e. The summed E-state index contributed by atoms with van der Waals surface area (Å²) < 4.78 is 5.76. The topological polar surface area (TPSA) is 114 Å². The Kier molecular flexibility index (Phi) is 4.83. The Hall–Kier alpha value is -2.76. The molecule has 0 aromatic carbocycles. The van der Waals surface area contributed by atoms with Crippen molar-refractivity contribution in [2.75, 3.05) is 6.61 Å². The third-order valence-electron chi connectivity index (χ3n) is 3.69. The average molecular weight is 299 g/mol. The first-order valence-electron chi connectivity index (χ1n) is 7.01. The molecule has 6 nitrogen and oxygen atoms in total. The van der Waals surface area contributed by atoms with Crippen LogP contribution < -0.4 is 11.5 Å². The van der Waals surface area contributed by atoms with E-state index in [0.717, 1.165) is 29.7 Å². The zero-order valence-electron chi connectivity index (χ0n) is 12.6. The van der Waals surface area contributed by atoms with Crippen molar-refractivity contribution >= 4 is 6.21 Å². The van der Waals surface area contributed by atoms with Crippen molar-refractivity contribution in [3.63, 3.8) is 0 Å². The van der Waals surface area contributed by atoms with Gasteiger partial charge in [0, 0.05) is 47.8 Å². The minimum Gasteiger partial charge on any atom is -0.493 e. The van der Waals surface area contributed by atoms with E-state index in [1.807, 2.05) is 13.1 Å². The first kappa shape index (κ1) is 15.6. The fraction of sp³-hybridized carbons (Fsp3) is 0.250. The highest BCUT2D eigenvalue weighted by Crippen LogP contribution is 2.32. The van der Waals surface area contributed by atoms with E-state index in [-0.39, 0.29) is 0 Å². The molecule has 116 valence electrons. The molecular weight excluding hydrogens is 278 g/mol. The molecule has 6 heteroatoms. The molecule has 6 N–H and O–H groups in total. The lowest BCUT2D eigenvalue weighted by Gasteiger charge is -2.13. The molecule has 2 heterocycles. The van der Waals surface area contributed by atoms with E-state index < -0.39 is 0 Å². The van der Waals surface area contributed by atoms with Crippen LogP contribution in [0.1, 0.15) is 17.7 Å². The Morgan fingerprint density at radius 2 is 2.36 bits per heavy atom. The normalized spacial score (nSPS) is 16.3. The van der Waals surface area contributed by atoms with Crippen LogP contribution in [0, 0.1) is 12.3 Å². The maximum Gasteiger partial charge on any atom is 0.128 e. The molecule has 22 heavy (non-hydrogen) atoms. The van der Waals surface area contributed by atoms with E-state index in [1.54, 1.807) is 0 Å². The Balaban J connectivity index is 2.42. The molecular formula is C16H21N5O. The number of aromatic nitrogens is 2. The predicted octanol–water partition coefficient (Wildman–Crippen LogP) is 1.83. The molecule has 1 aromatic heterocycles. The number of hydrogen-bond acceptors (Lipinski definition) is 5. The molecule has 1 aliphatic rings. The zero-order valence-corrected chi connectivity index (χ0v) is 12.6. The fourth-order valence-electron chi connectivity index (χ4n) is 2.43. The smallest absolute Gasteiger partial charge is 0.128 e. The summed E-state index contributed by atoms with van der Waals surface area (Å²) in [5.74, 6) is 0.700. The van der Waals surface area contributed by atoms with Crippen LogP contribution in [0.25, 0.3) is 0 Å². The highest BCUT2D eigenvalue weighted by Gasteiger charge is 2.23. The number of aromatic amines is 1. The number of rotatable bonds is 6. The number of allylic oxidation sites excluding steroid dienone is 2. The summed E-state index contributed by atoms with van der Waals surface area (Å²) in [6.45, 7) is 6.22. The molecule has 0 saturated heterocycles. The minimum absolute atomic E-state index is 0.397. The van der Waals surface area contributed by atoms with Crippen LogP contribution >= 0.6 is 0 Å². The SMILES string of the molecule is C=C/C(N)=C(C=N)\C(=C\N)C1=C(Cc2cn[nH]c2C)CCO1. The van der Waals surface area contributed by atoms with Gasteiger partial charge in [0.15, 0.2) is 0 Å². The maximum absolute atomic E-state index is 7.59. The summed E-state index contributed by atoms with van der Waals surface area (Å²) in [7, 11) is 0. The maximum atomic E-state index is 7.59. The highest BCUT2D eigenvalue weighted by atomic mass is 16.5. The van der Waals surface area contributed by atoms with Crippen molar-refractivity contribution in [1.29, 1.82) is 5.41 Å². The number of ether oxygens (including phenoxy) is 1. The van der Waals surface area contributed by atoms with Crippen molar-refractivity contribution in [3.05, 3.63) is 64.5 Å². The molecule has 0 spiro atoms. The van der Waals surface area contributed by atoms with Crippen LogP contribution in [0.5, 0.6) is 0 Å². The van der Waals surface area contributed by atoms with Gasteiger partial charge >= 0.3 is 0 Å². The van der Waals surface area contributed by atoms with Gasteiger partial charge in [0.1, 0.15) is 5.76 Å². The van der Waals surface area contributed by atoms with Gasteiger partial charge in [-0.15, -0.1) is 0 Å².